The standard InChI is InChI=1S/C15H14F2N2O3S/c1-9-18-11(8-23-9)4-6-14(20)19-10-3-5-12(21-2)13(7-10)22-15(16)17/h3-8,15H,1-2H3,(H,19,20)/b6-4+. The zero-order valence-corrected chi connectivity index (χ0v) is 13.2. The topological polar surface area (TPSA) is 60.5 Å². The molecule has 0 unspecified atom stereocenters. The van der Waals surface area contributed by atoms with Crippen molar-refractivity contribution in [2.24, 2.45) is 0 Å². The fourth-order valence-corrected chi connectivity index (χ4v) is 2.32. The Morgan fingerprint density at radius 2 is 2.17 bits per heavy atom. The number of amides is 1. The van der Waals surface area contributed by atoms with E-state index in [0.29, 0.717) is 11.4 Å². The first-order chi connectivity index (χ1) is 11.0. The number of aromatic nitrogens is 1. The molecule has 122 valence electrons. The molecule has 1 amide bonds. The molecule has 0 radical (unpaired) electrons. The number of carbonyl (C=O) groups is 1. The molecule has 0 aliphatic heterocycles. The van der Waals surface area contributed by atoms with Crippen molar-refractivity contribution in [1.82, 2.24) is 4.98 Å². The third-order valence-corrected chi connectivity index (χ3v) is 3.48. The number of anilines is 1. The number of hydrogen-bond donors (Lipinski definition) is 1. The van der Waals surface area contributed by atoms with Gasteiger partial charge in [0.25, 0.3) is 0 Å². The second-order valence-corrected chi connectivity index (χ2v) is 5.42. The molecule has 2 rings (SSSR count). The van der Waals surface area contributed by atoms with Crippen LogP contribution in [0.25, 0.3) is 6.08 Å². The summed E-state index contributed by atoms with van der Waals surface area (Å²) < 4.78 is 34.0. The lowest BCUT2D eigenvalue weighted by Crippen LogP contribution is -2.09. The molecule has 0 bridgehead atoms. The number of methoxy groups -OCH3 is 1. The Kier molecular flexibility index (Phi) is 5.64. The second-order valence-electron chi connectivity index (χ2n) is 4.36. The molecule has 0 saturated carbocycles. The van der Waals surface area contributed by atoms with E-state index in [9.17, 15) is 13.6 Å². The number of rotatable bonds is 6. The molecule has 0 fully saturated rings. The van der Waals surface area contributed by atoms with E-state index in [1.807, 2.05) is 12.3 Å². The highest BCUT2D eigenvalue weighted by Crippen LogP contribution is 2.31. The average molecular weight is 340 g/mol. The lowest BCUT2D eigenvalue weighted by Gasteiger charge is -2.11. The number of alkyl halides is 2. The highest BCUT2D eigenvalue weighted by atomic mass is 32.1. The van der Waals surface area contributed by atoms with Crippen LogP contribution in [-0.4, -0.2) is 24.6 Å². The Balaban J connectivity index is 2.06. The van der Waals surface area contributed by atoms with Gasteiger partial charge in [0.1, 0.15) is 0 Å². The van der Waals surface area contributed by atoms with Crippen LogP contribution in [0, 0.1) is 6.92 Å². The van der Waals surface area contributed by atoms with Gasteiger partial charge in [-0.2, -0.15) is 8.78 Å². The number of thiazole rings is 1. The predicted molar refractivity (Wildman–Crippen MR) is 84.1 cm³/mol. The van der Waals surface area contributed by atoms with Gasteiger partial charge in [-0.1, -0.05) is 0 Å². The summed E-state index contributed by atoms with van der Waals surface area (Å²) in [6.45, 7) is -1.12. The molecule has 23 heavy (non-hydrogen) atoms. The van der Waals surface area contributed by atoms with Crippen molar-refractivity contribution in [2.45, 2.75) is 13.5 Å². The molecule has 5 nitrogen and oxygen atoms in total. The molecule has 0 atom stereocenters. The molecule has 0 spiro atoms. The summed E-state index contributed by atoms with van der Waals surface area (Å²) in [4.78, 5) is 16.0. The van der Waals surface area contributed by atoms with E-state index >= 15 is 0 Å². The molecular weight excluding hydrogens is 326 g/mol. The van der Waals surface area contributed by atoms with Crippen molar-refractivity contribution in [2.75, 3.05) is 12.4 Å². The smallest absolute Gasteiger partial charge is 0.387 e. The van der Waals surface area contributed by atoms with Crippen LogP contribution in [-0.2, 0) is 4.79 Å². The first kappa shape index (κ1) is 16.9. The Labute approximate surface area is 135 Å². The van der Waals surface area contributed by atoms with Gasteiger partial charge in [0.2, 0.25) is 5.91 Å². The lowest BCUT2D eigenvalue weighted by molar-refractivity contribution is -0.111. The molecule has 0 aliphatic carbocycles. The number of aryl methyl sites for hydroxylation is 1. The number of nitrogens with one attached hydrogen (secondary N) is 1. The van der Waals surface area contributed by atoms with E-state index in [1.54, 1.807) is 6.08 Å². The zero-order chi connectivity index (χ0) is 16.8. The fourth-order valence-electron chi connectivity index (χ4n) is 1.74. The third-order valence-electron chi connectivity index (χ3n) is 2.69. The Bertz CT molecular complexity index is 716. The van der Waals surface area contributed by atoms with Gasteiger partial charge in [-0.15, -0.1) is 11.3 Å². The van der Waals surface area contributed by atoms with Crippen LogP contribution in [0.4, 0.5) is 14.5 Å². The van der Waals surface area contributed by atoms with Crippen molar-refractivity contribution >= 4 is 29.0 Å². The number of hydrogen-bond acceptors (Lipinski definition) is 5. The van der Waals surface area contributed by atoms with Gasteiger partial charge in [-0.3, -0.25) is 4.79 Å². The first-order valence-corrected chi connectivity index (χ1v) is 7.40. The number of ether oxygens (including phenoxy) is 2. The largest absolute Gasteiger partial charge is 0.493 e. The van der Waals surface area contributed by atoms with Crippen LogP contribution in [0.15, 0.2) is 29.7 Å². The van der Waals surface area contributed by atoms with Crippen LogP contribution in [0.1, 0.15) is 10.7 Å². The molecule has 0 saturated heterocycles. The summed E-state index contributed by atoms with van der Waals surface area (Å²) in [5.74, 6) is -0.417. The number of nitrogens with zero attached hydrogens (tertiary/aromatic N) is 1. The van der Waals surface area contributed by atoms with Gasteiger partial charge in [0.05, 0.1) is 17.8 Å². The van der Waals surface area contributed by atoms with Gasteiger partial charge in [-0.25, -0.2) is 4.98 Å². The summed E-state index contributed by atoms with van der Waals surface area (Å²) >= 11 is 1.48. The van der Waals surface area contributed by atoms with Crippen LogP contribution in [0.2, 0.25) is 0 Å². The lowest BCUT2D eigenvalue weighted by atomic mass is 10.2. The van der Waals surface area contributed by atoms with Crippen LogP contribution >= 0.6 is 11.3 Å². The first-order valence-electron chi connectivity index (χ1n) is 6.52. The molecule has 8 heteroatoms. The summed E-state index contributed by atoms with van der Waals surface area (Å²) in [7, 11) is 1.34. The van der Waals surface area contributed by atoms with Crippen LogP contribution in [0.5, 0.6) is 11.5 Å². The van der Waals surface area contributed by atoms with Crippen LogP contribution in [0.3, 0.4) is 0 Å². The minimum atomic E-state index is -2.98. The maximum atomic E-state index is 12.4. The van der Waals surface area contributed by atoms with Crippen molar-refractivity contribution in [1.29, 1.82) is 0 Å². The van der Waals surface area contributed by atoms with E-state index in [-0.39, 0.29) is 11.5 Å². The fraction of sp³-hybridized carbons (Fsp3) is 0.200. The minimum absolute atomic E-state index is 0.150. The van der Waals surface area contributed by atoms with Crippen molar-refractivity contribution in [3.05, 3.63) is 40.4 Å². The number of halogens is 2. The van der Waals surface area contributed by atoms with Crippen molar-refractivity contribution in [3.8, 4) is 11.5 Å². The van der Waals surface area contributed by atoms with Gasteiger partial charge in [0, 0.05) is 23.2 Å². The van der Waals surface area contributed by atoms with E-state index in [2.05, 4.69) is 15.0 Å². The summed E-state index contributed by atoms with van der Waals surface area (Å²) in [5.41, 5.74) is 0.990. The maximum Gasteiger partial charge on any atom is 0.387 e. The van der Waals surface area contributed by atoms with Gasteiger partial charge >= 0.3 is 6.61 Å². The Morgan fingerprint density at radius 1 is 1.39 bits per heavy atom. The quantitative estimate of drug-likeness (QED) is 0.814. The monoisotopic (exact) mass is 340 g/mol. The third kappa shape index (κ3) is 5.03. The maximum absolute atomic E-state index is 12.4. The summed E-state index contributed by atoms with van der Waals surface area (Å²) in [6.07, 6.45) is 2.88. The van der Waals surface area contributed by atoms with E-state index in [1.165, 1.54) is 42.7 Å². The highest BCUT2D eigenvalue weighted by molar-refractivity contribution is 7.09. The predicted octanol–water partition coefficient (Wildman–Crippen LogP) is 3.71. The summed E-state index contributed by atoms with van der Waals surface area (Å²) in [5, 5.41) is 5.27. The molecule has 2 aromatic rings. The molecule has 1 N–H and O–H groups in total. The normalized spacial score (nSPS) is 11.0. The van der Waals surface area contributed by atoms with E-state index < -0.39 is 12.5 Å². The van der Waals surface area contributed by atoms with Gasteiger partial charge in [-0.05, 0) is 25.1 Å². The Hall–Kier alpha value is -2.48. The number of carbonyl (C=O) groups excluding carboxylic acids is 1. The van der Waals surface area contributed by atoms with E-state index in [4.69, 9.17) is 4.74 Å². The highest BCUT2D eigenvalue weighted by Gasteiger charge is 2.12. The molecule has 1 aromatic heterocycles. The molecule has 1 aromatic carbocycles. The zero-order valence-electron chi connectivity index (χ0n) is 12.4. The Morgan fingerprint density at radius 3 is 2.78 bits per heavy atom. The van der Waals surface area contributed by atoms with Crippen molar-refractivity contribution in [3.63, 3.8) is 0 Å². The van der Waals surface area contributed by atoms with Crippen molar-refractivity contribution < 1.29 is 23.0 Å². The molecule has 1 heterocycles. The molecule has 0 aliphatic rings. The average Bonchev–Trinajstić information content (AvgIpc) is 2.90. The van der Waals surface area contributed by atoms with Gasteiger partial charge in [0.15, 0.2) is 11.5 Å². The van der Waals surface area contributed by atoms with E-state index in [0.717, 1.165) is 5.01 Å². The summed E-state index contributed by atoms with van der Waals surface area (Å²) in [6, 6.07) is 4.22. The SMILES string of the molecule is COc1ccc(NC(=O)/C=C/c2csc(C)n2)cc1OC(F)F. The second kappa shape index (κ2) is 7.68. The van der Waals surface area contributed by atoms with Gasteiger partial charge < -0.3 is 14.8 Å². The minimum Gasteiger partial charge on any atom is -0.493 e. The van der Waals surface area contributed by atoms with Crippen LogP contribution < -0.4 is 14.8 Å². The molecular formula is C15H14F2N2O3S. The number of benzene rings is 1.